The van der Waals surface area contributed by atoms with E-state index in [9.17, 15) is 9.59 Å². The van der Waals surface area contributed by atoms with Crippen LogP contribution in [0.4, 0.5) is 0 Å². The van der Waals surface area contributed by atoms with E-state index in [1.54, 1.807) is 12.1 Å². The normalized spacial score (nSPS) is 10.7. The SMILES string of the molecule is COC(=O)c1cn(C(=O)COc2ccc(C)c(C)c2)c2ccccc12. The van der Waals surface area contributed by atoms with Crippen molar-refractivity contribution in [3.63, 3.8) is 0 Å². The second-order valence-corrected chi connectivity index (χ2v) is 5.85. The van der Waals surface area contributed by atoms with Gasteiger partial charge in [-0.3, -0.25) is 9.36 Å². The molecule has 0 aliphatic rings. The molecule has 0 aliphatic heterocycles. The van der Waals surface area contributed by atoms with Crippen LogP contribution in [0.25, 0.3) is 10.9 Å². The van der Waals surface area contributed by atoms with E-state index in [1.165, 1.54) is 17.9 Å². The molecule has 0 spiro atoms. The van der Waals surface area contributed by atoms with Gasteiger partial charge in [0.1, 0.15) is 5.75 Å². The van der Waals surface area contributed by atoms with Gasteiger partial charge in [-0.25, -0.2) is 4.79 Å². The minimum Gasteiger partial charge on any atom is -0.484 e. The third-order valence-electron chi connectivity index (χ3n) is 4.23. The van der Waals surface area contributed by atoms with Gasteiger partial charge in [0, 0.05) is 11.6 Å². The molecule has 25 heavy (non-hydrogen) atoms. The number of ether oxygens (including phenoxy) is 2. The highest BCUT2D eigenvalue weighted by Gasteiger charge is 2.18. The first kappa shape index (κ1) is 16.8. The van der Waals surface area contributed by atoms with Crippen LogP contribution in [0.15, 0.2) is 48.7 Å². The molecule has 0 radical (unpaired) electrons. The number of para-hydroxylation sites is 1. The number of aryl methyl sites for hydroxylation is 2. The van der Waals surface area contributed by atoms with Crippen molar-refractivity contribution < 1.29 is 19.1 Å². The minimum absolute atomic E-state index is 0.123. The monoisotopic (exact) mass is 337 g/mol. The van der Waals surface area contributed by atoms with Gasteiger partial charge in [0.2, 0.25) is 0 Å². The molecule has 0 saturated carbocycles. The molecule has 0 atom stereocenters. The molecule has 0 saturated heterocycles. The Labute approximate surface area is 145 Å². The number of carbonyl (C=O) groups excluding carboxylic acids is 2. The molecule has 128 valence electrons. The average molecular weight is 337 g/mol. The van der Waals surface area contributed by atoms with Crippen molar-refractivity contribution in [3.05, 3.63) is 65.4 Å². The van der Waals surface area contributed by atoms with Gasteiger partial charge in [-0.15, -0.1) is 0 Å². The van der Waals surface area contributed by atoms with Crippen LogP contribution < -0.4 is 4.74 Å². The van der Waals surface area contributed by atoms with Crippen LogP contribution in [0.2, 0.25) is 0 Å². The van der Waals surface area contributed by atoms with Crippen LogP contribution in [0, 0.1) is 13.8 Å². The molecule has 0 unspecified atom stereocenters. The molecule has 5 heteroatoms. The molecular weight excluding hydrogens is 318 g/mol. The summed E-state index contributed by atoms with van der Waals surface area (Å²) in [6, 6.07) is 12.9. The number of fused-ring (bicyclic) bond motifs is 1. The van der Waals surface area contributed by atoms with Crippen molar-refractivity contribution in [1.82, 2.24) is 4.57 Å². The lowest BCUT2D eigenvalue weighted by atomic mass is 10.1. The standard InChI is InChI=1S/C20H19NO4/c1-13-8-9-15(10-14(13)2)25-12-19(22)21-11-17(20(23)24-3)16-6-4-5-7-18(16)21/h4-11H,12H2,1-3H3. The molecule has 0 aliphatic carbocycles. The highest BCUT2D eigenvalue weighted by Crippen LogP contribution is 2.22. The third-order valence-corrected chi connectivity index (χ3v) is 4.23. The van der Waals surface area contributed by atoms with Crippen molar-refractivity contribution in [2.45, 2.75) is 13.8 Å². The van der Waals surface area contributed by atoms with Crippen molar-refractivity contribution >= 4 is 22.8 Å². The maximum atomic E-state index is 12.6. The highest BCUT2D eigenvalue weighted by atomic mass is 16.5. The van der Waals surface area contributed by atoms with E-state index in [-0.39, 0.29) is 12.5 Å². The Kier molecular flexibility index (Phi) is 4.57. The molecule has 1 heterocycles. The summed E-state index contributed by atoms with van der Waals surface area (Å²) in [6.45, 7) is 3.89. The van der Waals surface area contributed by atoms with Gasteiger partial charge >= 0.3 is 5.97 Å². The number of carbonyl (C=O) groups is 2. The second-order valence-electron chi connectivity index (χ2n) is 5.85. The summed E-state index contributed by atoms with van der Waals surface area (Å²) in [6.07, 6.45) is 1.50. The zero-order valence-electron chi connectivity index (χ0n) is 14.4. The molecule has 0 bridgehead atoms. The number of methoxy groups -OCH3 is 1. The lowest BCUT2D eigenvalue weighted by molar-refractivity contribution is 0.0603. The molecule has 1 aromatic heterocycles. The lowest BCUT2D eigenvalue weighted by Crippen LogP contribution is -2.18. The first-order valence-corrected chi connectivity index (χ1v) is 7.93. The number of nitrogens with zero attached hydrogens (tertiary/aromatic N) is 1. The molecule has 0 N–H and O–H groups in total. The maximum Gasteiger partial charge on any atom is 0.340 e. The number of esters is 1. The van der Waals surface area contributed by atoms with Crippen LogP contribution in [-0.4, -0.2) is 30.2 Å². The topological polar surface area (TPSA) is 57.5 Å². The van der Waals surface area contributed by atoms with Gasteiger partial charge in [-0.1, -0.05) is 24.3 Å². The Bertz CT molecular complexity index is 955. The fraction of sp³-hybridized carbons (Fsp3) is 0.200. The first-order chi connectivity index (χ1) is 12.0. The predicted molar refractivity (Wildman–Crippen MR) is 95.3 cm³/mol. The van der Waals surface area contributed by atoms with Crippen molar-refractivity contribution in [3.8, 4) is 5.75 Å². The van der Waals surface area contributed by atoms with Crippen molar-refractivity contribution in [1.29, 1.82) is 0 Å². The van der Waals surface area contributed by atoms with Crippen molar-refractivity contribution in [2.75, 3.05) is 13.7 Å². The van der Waals surface area contributed by atoms with Crippen LogP contribution in [-0.2, 0) is 4.74 Å². The Morgan fingerprint density at radius 2 is 1.80 bits per heavy atom. The first-order valence-electron chi connectivity index (χ1n) is 7.93. The molecule has 2 aromatic carbocycles. The summed E-state index contributed by atoms with van der Waals surface area (Å²) in [4.78, 5) is 24.5. The van der Waals surface area contributed by atoms with E-state index in [1.807, 2.05) is 44.2 Å². The Balaban J connectivity index is 1.87. The van der Waals surface area contributed by atoms with E-state index >= 15 is 0 Å². The van der Waals surface area contributed by atoms with Crippen molar-refractivity contribution in [2.24, 2.45) is 0 Å². The highest BCUT2D eigenvalue weighted by molar-refractivity contribution is 6.07. The average Bonchev–Trinajstić information content (AvgIpc) is 3.01. The van der Waals surface area contributed by atoms with Gasteiger partial charge in [-0.2, -0.15) is 0 Å². The predicted octanol–water partition coefficient (Wildman–Crippen LogP) is 3.76. The lowest BCUT2D eigenvalue weighted by Gasteiger charge is -2.09. The number of benzene rings is 2. The molecule has 5 nitrogen and oxygen atoms in total. The summed E-state index contributed by atoms with van der Waals surface area (Å²) in [5, 5.41) is 0.675. The van der Waals surface area contributed by atoms with E-state index in [4.69, 9.17) is 9.47 Å². The Hall–Kier alpha value is -3.08. The Morgan fingerprint density at radius 3 is 2.52 bits per heavy atom. The number of hydrogen-bond donors (Lipinski definition) is 0. The summed E-state index contributed by atoms with van der Waals surface area (Å²) in [5.41, 5.74) is 3.27. The van der Waals surface area contributed by atoms with E-state index < -0.39 is 5.97 Å². The van der Waals surface area contributed by atoms with Gasteiger partial charge in [0.05, 0.1) is 18.2 Å². The zero-order valence-corrected chi connectivity index (χ0v) is 14.4. The summed E-state index contributed by atoms with van der Waals surface area (Å²) in [7, 11) is 1.32. The molecule has 3 aromatic rings. The van der Waals surface area contributed by atoms with E-state index in [2.05, 4.69) is 0 Å². The van der Waals surface area contributed by atoms with Gasteiger partial charge in [-0.05, 0) is 43.2 Å². The molecule has 0 amide bonds. The smallest absolute Gasteiger partial charge is 0.340 e. The summed E-state index contributed by atoms with van der Waals surface area (Å²) < 4.78 is 11.8. The van der Waals surface area contributed by atoms with Gasteiger partial charge in [0.25, 0.3) is 5.91 Å². The van der Waals surface area contributed by atoms with Gasteiger partial charge < -0.3 is 9.47 Å². The van der Waals surface area contributed by atoms with E-state index in [0.717, 1.165) is 11.1 Å². The summed E-state index contributed by atoms with van der Waals surface area (Å²) >= 11 is 0. The number of hydrogen-bond acceptors (Lipinski definition) is 4. The fourth-order valence-electron chi connectivity index (χ4n) is 2.68. The molecular formula is C20H19NO4. The number of rotatable bonds is 4. The van der Waals surface area contributed by atoms with E-state index in [0.29, 0.717) is 22.2 Å². The minimum atomic E-state index is -0.474. The summed E-state index contributed by atoms with van der Waals surface area (Å²) in [5.74, 6) is -0.0940. The number of aromatic nitrogens is 1. The molecule has 3 rings (SSSR count). The second kappa shape index (κ2) is 6.81. The Morgan fingerprint density at radius 1 is 1.04 bits per heavy atom. The fourth-order valence-corrected chi connectivity index (χ4v) is 2.68. The van der Waals surface area contributed by atoms with Crippen LogP contribution in [0.5, 0.6) is 5.75 Å². The van der Waals surface area contributed by atoms with Gasteiger partial charge in [0.15, 0.2) is 6.61 Å². The largest absolute Gasteiger partial charge is 0.484 e. The maximum absolute atomic E-state index is 12.6. The molecule has 0 fully saturated rings. The van der Waals surface area contributed by atoms with Crippen LogP contribution >= 0.6 is 0 Å². The van der Waals surface area contributed by atoms with Crippen LogP contribution in [0.3, 0.4) is 0 Å². The zero-order chi connectivity index (χ0) is 18.0. The van der Waals surface area contributed by atoms with Crippen LogP contribution in [0.1, 0.15) is 26.3 Å². The third kappa shape index (κ3) is 3.26. The quantitative estimate of drug-likeness (QED) is 0.680.